The van der Waals surface area contributed by atoms with Crippen LogP contribution in [0.15, 0.2) is 36.9 Å². The number of anilines is 1. The molecule has 2 saturated heterocycles. The third-order valence-electron chi connectivity index (χ3n) is 9.77. The molecule has 0 radical (unpaired) electrons. The summed E-state index contributed by atoms with van der Waals surface area (Å²) in [6.07, 6.45) is 5.79. The van der Waals surface area contributed by atoms with Crippen LogP contribution in [0.25, 0.3) is 10.8 Å². The van der Waals surface area contributed by atoms with Crippen molar-refractivity contribution >= 4 is 28.7 Å². The van der Waals surface area contributed by atoms with Gasteiger partial charge >= 0.3 is 12.2 Å². The Balaban J connectivity index is 1.38. The summed E-state index contributed by atoms with van der Waals surface area (Å²) < 4.78 is 59.1. The van der Waals surface area contributed by atoms with E-state index in [4.69, 9.17) is 35.1 Å². The van der Waals surface area contributed by atoms with Gasteiger partial charge in [-0.15, -0.1) is 6.42 Å². The number of carbonyl (C=O) groups is 2. The Kier molecular flexibility index (Phi) is 10.4. The number of likely N-dealkylation sites (N-methyl/N-ethyl adjacent to an activating group) is 2. The smallest absolute Gasteiger partial charge is 0.481 e. The summed E-state index contributed by atoms with van der Waals surface area (Å²) in [4.78, 5) is 39.9. The Hall–Kier alpha value is -5.16. The highest BCUT2D eigenvalue weighted by Crippen LogP contribution is 2.45. The normalized spacial score (nSPS) is 22.7. The van der Waals surface area contributed by atoms with E-state index in [1.54, 1.807) is 24.8 Å². The first-order valence-corrected chi connectivity index (χ1v) is 17.2. The highest BCUT2D eigenvalue weighted by molar-refractivity contribution is 5.93. The Labute approximate surface area is 301 Å². The molecular weight excluding hydrogens is 676 g/mol. The number of hydrogen-bond donors (Lipinski definition) is 0. The fourth-order valence-electron chi connectivity index (χ4n) is 7.06. The molecule has 276 valence electrons. The number of carbonyl (C=O) groups excluding carboxylic acids is 2. The van der Waals surface area contributed by atoms with E-state index in [0.29, 0.717) is 35.2 Å². The van der Waals surface area contributed by atoms with Crippen molar-refractivity contribution < 1.29 is 42.1 Å². The van der Waals surface area contributed by atoms with E-state index in [0.717, 1.165) is 12.8 Å². The lowest BCUT2D eigenvalue weighted by Crippen LogP contribution is -2.43. The van der Waals surface area contributed by atoms with Crippen LogP contribution in [-0.2, 0) is 9.53 Å². The number of alkyl halides is 1. The second kappa shape index (κ2) is 14.8. The molecule has 1 unspecified atom stereocenters. The molecule has 1 amide bonds. The molecule has 14 heteroatoms. The highest BCUT2D eigenvalue weighted by Gasteiger charge is 2.41. The number of nitrogens with zero attached hydrogens (tertiary/aromatic N) is 5. The minimum absolute atomic E-state index is 0.000574. The maximum atomic E-state index is 15.1. The molecule has 1 aromatic heterocycles. The molecular formula is C38H43F2N5O7. The van der Waals surface area contributed by atoms with Crippen molar-refractivity contribution in [2.24, 2.45) is 0 Å². The number of halogens is 2. The molecule has 52 heavy (non-hydrogen) atoms. The molecule has 0 aliphatic carbocycles. The molecule has 4 atom stereocenters. The van der Waals surface area contributed by atoms with E-state index in [2.05, 4.69) is 17.5 Å². The zero-order valence-corrected chi connectivity index (χ0v) is 30.0. The van der Waals surface area contributed by atoms with Gasteiger partial charge in [0.15, 0.2) is 11.9 Å². The van der Waals surface area contributed by atoms with Crippen LogP contribution in [0.3, 0.4) is 0 Å². The molecule has 0 saturated carbocycles. The van der Waals surface area contributed by atoms with Crippen LogP contribution in [-0.4, -0.2) is 103 Å². The van der Waals surface area contributed by atoms with Crippen molar-refractivity contribution in [1.29, 1.82) is 0 Å². The monoisotopic (exact) mass is 719 g/mol. The molecule has 3 aliphatic heterocycles. The van der Waals surface area contributed by atoms with Gasteiger partial charge in [0, 0.05) is 50.1 Å². The Morgan fingerprint density at radius 2 is 2.08 bits per heavy atom. The summed E-state index contributed by atoms with van der Waals surface area (Å²) in [6, 6.07) is 5.73. The van der Waals surface area contributed by atoms with Crippen molar-refractivity contribution in [3.05, 3.63) is 53.9 Å². The van der Waals surface area contributed by atoms with Gasteiger partial charge in [-0.3, -0.25) is 9.69 Å². The zero-order valence-electron chi connectivity index (χ0n) is 30.0. The topological polar surface area (TPSA) is 116 Å². The fraction of sp³-hybridized carbons (Fsp3) is 0.474. The van der Waals surface area contributed by atoms with Gasteiger partial charge in [0.1, 0.15) is 31.0 Å². The van der Waals surface area contributed by atoms with Crippen LogP contribution < -0.4 is 23.8 Å². The zero-order chi connectivity index (χ0) is 37.3. The molecule has 12 nitrogen and oxygen atoms in total. The lowest BCUT2D eigenvalue weighted by molar-refractivity contribution is -0.126. The quantitative estimate of drug-likeness (QED) is 0.113. The third-order valence-corrected chi connectivity index (χ3v) is 9.77. The first-order valence-electron chi connectivity index (χ1n) is 17.2. The van der Waals surface area contributed by atoms with Crippen LogP contribution in [0.1, 0.15) is 57.3 Å². The van der Waals surface area contributed by atoms with Crippen molar-refractivity contribution in [2.45, 2.75) is 70.0 Å². The second-order valence-electron chi connectivity index (χ2n) is 14.0. The van der Waals surface area contributed by atoms with Crippen molar-refractivity contribution in [3.8, 4) is 35.7 Å². The molecule has 6 rings (SSSR count). The first-order chi connectivity index (χ1) is 24.8. The molecule has 0 N–H and O–H groups in total. The van der Waals surface area contributed by atoms with Gasteiger partial charge < -0.3 is 33.5 Å². The largest absolute Gasteiger partial charge is 0.514 e. The first kappa shape index (κ1) is 36.6. The Bertz CT molecular complexity index is 1920. The van der Waals surface area contributed by atoms with Gasteiger partial charge in [-0.2, -0.15) is 9.97 Å². The van der Waals surface area contributed by atoms with Gasteiger partial charge in [-0.05, 0) is 70.3 Å². The average Bonchev–Trinajstić information content (AvgIpc) is 3.67. The highest BCUT2D eigenvalue weighted by atomic mass is 19.1. The molecule has 0 spiro atoms. The third kappa shape index (κ3) is 7.41. The summed E-state index contributed by atoms with van der Waals surface area (Å²) in [5.74, 6) is 2.44. The molecule has 0 bridgehead atoms. The van der Waals surface area contributed by atoms with Gasteiger partial charge in [-0.1, -0.05) is 18.6 Å². The fourth-order valence-corrected chi connectivity index (χ4v) is 7.06. The summed E-state index contributed by atoms with van der Waals surface area (Å²) in [5.41, 5.74) is -0.218. The molecule has 4 heterocycles. The van der Waals surface area contributed by atoms with Crippen LogP contribution in [0, 0.1) is 18.2 Å². The minimum Gasteiger partial charge on any atom is -0.481 e. The van der Waals surface area contributed by atoms with Crippen molar-refractivity contribution in [2.75, 3.05) is 51.8 Å². The summed E-state index contributed by atoms with van der Waals surface area (Å²) in [5, 5.41) is 0.870. The number of ether oxygens (including phenoxy) is 5. The maximum absolute atomic E-state index is 15.1. The van der Waals surface area contributed by atoms with E-state index in [-0.39, 0.29) is 67.1 Å². The van der Waals surface area contributed by atoms with Gasteiger partial charge in [0.05, 0.1) is 17.2 Å². The van der Waals surface area contributed by atoms with Gasteiger partial charge in [0.25, 0.3) is 5.88 Å². The van der Waals surface area contributed by atoms with E-state index >= 15 is 4.39 Å². The lowest BCUT2D eigenvalue weighted by atomic mass is 9.95. The lowest BCUT2D eigenvalue weighted by Gasteiger charge is -2.33. The van der Waals surface area contributed by atoms with Gasteiger partial charge in [0.2, 0.25) is 11.7 Å². The van der Waals surface area contributed by atoms with Crippen LogP contribution in [0.4, 0.5) is 19.4 Å². The molecule has 3 aliphatic rings. The van der Waals surface area contributed by atoms with Crippen molar-refractivity contribution in [1.82, 2.24) is 19.8 Å². The van der Waals surface area contributed by atoms with Gasteiger partial charge in [-0.25, -0.2) is 13.6 Å². The van der Waals surface area contributed by atoms with E-state index < -0.39 is 35.9 Å². The number of likely N-dealkylation sites (tertiary alicyclic amines) is 2. The van der Waals surface area contributed by atoms with Crippen LogP contribution >= 0.6 is 0 Å². The van der Waals surface area contributed by atoms with Crippen LogP contribution in [0.2, 0.25) is 0 Å². The van der Waals surface area contributed by atoms with E-state index in [1.807, 2.05) is 30.8 Å². The number of rotatable bonds is 10. The predicted molar refractivity (Wildman–Crippen MR) is 189 cm³/mol. The average molecular weight is 720 g/mol. The number of fused-ring (bicyclic) bond motifs is 2. The van der Waals surface area contributed by atoms with E-state index in [1.165, 1.54) is 24.3 Å². The predicted octanol–water partition coefficient (Wildman–Crippen LogP) is 5.61. The number of amides is 1. The SMILES string of the molecule is C#Cc1c(F)ccc2cc(OC(=O)OC(C)C)cc(C3COc4c(nc(OC[C@]5(C)C[C@@H](F)CN5C)nc4N(C)C[C@@H]4CCCN4C(=O)C=C)O3)c12. The number of terminal acetylenes is 1. The summed E-state index contributed by atoms with van der Waals surface area (Å²) in [7, 11) is 3.66. The number of aromatic nitrogens is 2. The van der Waals surface area contributed by atoms with Crippen molar-refractivity contribution in [3.63, 3.8) is 0 Å². The molecule has 2 aromatic carbocycles. The standard InChI is InChI=1S/C38H43F2N5O7/c1-8-27-29(40)13-12-23-15-26(51-37(47)50-22(3)4)16-28(32(23)27)30-20-48-33-34(43(6)19-25-11-10-14-45(25)31(46)9-2)41-36(42-35(33)52-30)49-21-38(5)17-24(39)18-44(38)7/h1,9,12-13,15-16,22,24-25,30H,2,10-11,14,17-21H2,3-7H3/t24-,25+,30?,38+/m1/s1. The molecule has 3 aromatic rings. The minimum atomic E-state index is -0.991. The summed E-state index contributed by atoms with van der Waals surface area (Å²) in [6.45, 7) is 10.3. The summed E-state index contributed by atoms with van der Waals surface area (Å²) >= 11 is 0. The second-order valence-corrected chi connectivity index (χ2v) is 14.0. The Morgan fingerprint density at radius 1 is 1.29 bits per heavy atom. The molecule has 2 fully saturated rings. The number of benzene rings is 2. The van der Waals surface area contributed by atoms with E-state index in [9.17, 15) is 14.0 Å². The Morgan fingerprint density at radius 3 is 2.77 bits per heavy atom. The maximum Gasteiger partial charge on any atom is 0.514 e. The van der Waals surface area contributed by atoms with Crippen LogP contribution in [0.5, 0.6) is 23.4 Å². The number of hydrogen-bond acceptors (Lipinski definition) is 11.